The van der Waals surface area contributed by atoms with Crippen LogP contribution in [0.3, 0.4) is 0 Å². The number of ether oxygens (including phenoxy) is 3. The van der Waals surface area contributed by atoms with Crippen LogP contribution in [0.15, 0.2) is 80.0 Å². The van der Waals surface area contributed by atoms with Crippen molar-refractivity contribution in [2.45, 2.75) is 137 Å². The number of alkyl halides is 6. The fourth-order valence-electron chi connectivity index (χ4n) is 11.4. The van der Waals surface area contributed by atoms with Crippen molar-refractivity contribution in [1.82, 2.24) is 39.2 Å². The van der Waals surface area contributed by atoms with Gasteiger partial charge in [-0.25, -0.2) is 37.4 Å². The van der Waals surface area contributed by atoms with Gasteiger partial charge in [0.05, 0.1) is 77.5 Å². The van der Waals surface area contributed by atoms with Crippen molar-refractivity contribution in [3.05, 3.63) is 144 Å². The van der Waals surface area contributed by atoms with Crippen LogP contribution in [0.1, 0.15) is 126 Å². The van der Waals surface area contributed by atoms with Gasteiger partial charge >= 0.3 is 18.3 Å². The number of aryl methyl sites for hydroxylation is 4. The number of isothiocyanates is 1. The fraction of sp³-hybridized carbons (Fsp3) is 0.385. The molecule has 22 nitrogen and oxygen atoms in total. The molecule has 0 radical (unpaired) electrons. The number of nitrogens with zero attached hydrogens (tertiary/aromatic N) is 12. The molecule has 4 aromatic heterocycles. The van der Waals surface area contributed by atoms with Gasteiger partial charge in [0.2, 0.25) is 5.69 Å². The van der Waals surface area contributed by atoms with E-state index in [1.807, 2.05) is 39.0 Å². The summed E-state index contributed by atoms with van der Waals surface area (Å²) in [6.45, 7) is 18.5. The number of anilines is 3. The van der Waals surface area contributed by atoms with Gasteiger partial charge < -0.3 is 34.4 Å². The van der Waals surface area contributed by atoms with E-state index in [9.17, 15) is 55.2 Å². The molecule has 5 heterocycles. The van der Waals surface area contributed by atoms with E-state index in [1.54, 1.807) is 48.8 Å². The molecule has 0 atom stereocenters. The van der Waals surface area contributed by atoms with E-state index in [2.05, 4.69) is 68.0 Å². The molecule has 0 unspecified atom stereocenters. The molecule has 2 aliphatic carbocycles. The largest absolute Gasteiger partial charge is 0.493 e. The van der Waals surface area contributed by atoms with Crippen LogP contribution in [-0.2, 0) is 39.5 Å². The second-order valence-electron chi connectivity index (χ2n) is 22.1. The summed E-state index contributed by atoms with van der Waals surface area (Å²) in [5.74, 6) is -1.48. The lowest BCUT2D eigenvalue weighted by atomic mass is 9.75. The molecule has 3 aliphatic rings. The number of hydrogen-bond donors (Lipinski definition) is 3. The minimum atomic E-state index is -5.19. The lowest BCUT2D eigenvalue weighted by Gasteiger charge is -2.43. The quantitative estimate of drug-likeness (QED) is 0.0203. The summed E-state index contributed by atoms with van der Waals surface area (Å²) in [7, 11) is 5.87. The van der Waals surface area contributed by atoms with Crippen molar-refractivity contribution in [3.63, 3.8) is 0 Å². The van der Waals surface area contributed by atoms with Crippen molar-refractivity contribution in [1.29, 1.82) is 5.26 Å². The first-order valence-corrected chi connectivity index (χ1v) is 31.4. The Balaban J connectivity index is 0.000000225. The van der Waals surface area contributed by atoms with E-state index in [0.29, 0.717) is 114 Å². The van der Waals surface area contributed by atoms with E-state index >= 15 is 4.39 Å². The number of methoxy groups -OCH3 is 1. The molecule has 2 saturated carbocycles. The van der Waals surface area contributed by atoms with Crippen LogP contribution in [0.5, 0.6) is 11.5 Å². The number of amides is 1. The Bertz CT molecular complexity index is 4660. The van der Waals surface area contributed by atoms with Gasteiger partial charge in [-0.1, -0.05) is 27.3 Å². The number of hydrogen-bond acceptors (Lipinski definition) is 17. The molecule has 4 aromatic carbocycles. The second kappa shape index (κ2) is 31.1. The number of fused-ring (bicyclic) bond motifs is 2. The van der Waals surface area contributed by atoms with Crippen LogP contribution in [-0.4, -0.2) is 99.8 Å². The van der Waals surface area contributed by atoms with Crippen molar-refractivity contribution in [2.24, 2.45) is 9.74 Å². The van der Waals surface area contributed by atoms with Crippen LogP contribution in [0, 0.1) is 43.4 Å². The molecular formula is C65H66F8N15O7PS2. The van der Waals surface area contributed by atoms with Crippen LogP contribution in [0.4, 0.5) is 63.6 Å². The number of aromatic nitrogens is 8. The number of nitrogens with one attached hydrogen (secondary N) is 3. The SMILES string of the molecule is C.CCCc1nc(C)c2c(=O)[nH]c(-c3cc(N4C(=S)N(c5ccc(C#N)c(C(F)(F)F)c5F)C(=O)C45CCC5)ccc3OCC)nn12.CCCc1nc(C)c2c(=O)[nH]c(-c3cc(NC4(C(=O)OC)CCC4)ccc3OCC)nn12.CN=P.[C-]#[N+]c1ccc(N=C=S)c(F)c1C(F)(F)F. The zero-order valence-electron chi connectivity index (χ0n) is 53.3. The van der Waals surface area contributed by atoms with Crippen molar-refractivity contribution < 1.29 is 58.9 Å². The fourth-order valence-corrected chi connectivity index (χ4v) is 12.0. The number of carbonyl (C=O) groups excluding carboxylic acids is 2. The van der Waals surface area contributed by atoms with E-state index in [-0.39, 0.29) is 36.5 Å². The highest BCUT2D eigenvalue weighted by molar-refractivity contribution is 7.81. The summed E-state index contributed by atoms with van der Waals surface area (Å²) in [6.07, 6.45) is -3.57. The summed E-state index contributed by atoms with van der Waals surface area (Å²) < 4.78 is 131. The number of thiocarbonyl (C=S) groups is 2. The maximum absolute atomic E-state index is 15.6. The maximum atomic E-state index is 15.6. The van der Waals surface area contributed by atoms with Gasteiger partial charge in [-0.3, -0.25) is 24.0 Å². The monoisotopic (exact) mass is 1420 g/mol. The number of aliphatic imine (C=N–C) groups is 1. The Morgan fingerprint density at radius 3 is 1.76 bits per heavy atom. The predicted molar refractivity (Wildman–Crippen MR) is 361 cm³/mol. The van der Waals surface area contributed by atoms with E-state index in [0.717, 1.165) is 59.9 Å². The Labute approximate surface area is 569 Å². The van der Waals surface area contributed by atoms with Crippen LogP contribution < -0.4 is 35.7 Å². The third-order valence-corrected chi connectivity index (χ3v) is 16.4. The Morgan fingerprint density at radius 1 is 0.796 bits per heavy atom. The van der Waals surface area contributed by atoms with Crippen molar-refractivity contribution in [3.8, 4) is 40.3 Å². The van der Waals surface area contributed by atoms with Gasteiger partial charge in [0.25, 0.3) is 17.0 Å². The standard InChI is InChI=1S/C31H27F4N7O3S.C23H29N5O4.C9H2F4N2S.CH4NP.CH4/c1-4-7-22-37-16(3)25-27(43)38-26(39-42(22)25)19-14-18(9-11-21(19)45-5-2)41-29(46)40(28(44)30(41)12-6-13-30)20-10-8-17(15-36)23(24(20)32)31(33,34)35;1-5-8-18-24-14(3)19-21(29)25-20(27-28(18)19)16-13-15(9-10-17(16)32-6-2)26-23(11-7-12-23)22(30)31-4;1-14-5-2-3-6(15-4-16)8(10)7(5)9(11,12)13;1-2-3;/h8-11,14H,4-7,12-13H2,1-3H3,(H,38,39,43);9-10,13,26H,5-8,11-12H2,1-4H3,(H,25,27,29);2-3H;3H,1H3;1H4. The molecule has 3 fully saturated rings. The predicted octanol–water partition coefficient (Wildman–Crippen LogP) is 14.8. The minimum Gasteiger partial charge on any atom is -0.493 e. The maximum Gasteiger partial charge on any atom is 0.420 e. The Morgan fingerprint density at radius 2 is 1.32 bits per heavy atom. The molecule has 516 valence electrons. The van der Waals surface area contributed by atoms with Gasteiger partial charge in [0, 0.05) is 31.3 Å². The molecule has 98 heavy (non-hydrogen) atoms. The first-order valence-electron chi connectivity index (χ1n) is 30.1. The minimum absolute atomic E-state index is 0. The molecule has 0 bridgehead atoms. The summed E-state index contributed by atoms with van der Waals surface area (Å²) in [4.78, 5) is 75.2. The number of aromatic amines is 2. The molecule has 33 heteroatoms. The number of rotatable bonds is 16. The molecular weight excluding hydrogens is 1350 g/mol. The summed E-state index contributed by atoms with van der Waals surface area (Å²) in [5, 5.41) is 23.5. The number of benzene rings is 4. The van der Waals surface area contributed by atoms with Gasteiger partial charge in [0.15, 0.2) is 39.4 Å². The average molecular weight is 1420 g/mol. The summed E-state index contributed by atoms with van der Waals surface area (Å²) in [6, 6.07) is 15.3. The summed E-state index contributed by atoms with van der Waals surface area (Å²) in [5.41, 5.74) is -5.07. The van der Waals surface area contributed by atoms with Gasteiger partial charge in [-0.2, -0.15) is 36.6 Å². The number of nitriles is 1. The van der Waals surface area contributed by atoms with E-state index in [1.165, 1.54) is 22.6 Å². The highest BCUT2D eigenvalue weighted by Crippen LogP contribution is 2.51. The highest BCUT2D eigenvalue weighted by Gasteiger charge is 2.60. The van der Waals surface area contributed by atoms with Crippen molar-refractivity contribution in [2.75, 3.05) is 42.5 Å². The number of halogens is 8. The first kappa shape index (κ1) is 75.5. The third kappa shape index (κ3) is 14.7. The molecule has 8 aromatic rings. The van der Waals surface area contributed by atoms with Crippen LogP contribution in [0.25, 0.3) is 38.7 Å². The number of H-pyrrole nitrogens is 2. The number of esters is 1. The van der Waals surface area contributed by atoms with Gasteiger partial charge in [-0.15, -0.1) is 10.2 Å². The number of imidazole rings is 2. The first-order chi connectivity index (χ1) is 46.1. The molecule has 1 saturated heterocycles. The molecule has 3 N–H and O–H groups in total. The van der Waals surface area contributed by atoms with Crippen LogP contribution >= 0.6 is 33.5 Å². The third-order valence-electron chi connectivity index (χ3n) is 15.9. The van der Waals surface area contributed by atoms with Gasteiger partial charge in [-0.05, 0) is 167 Å². The van der Waals surface area contributed by atoms with Gasteiger partial charge in [0.1, 0.15) is 45.5 Å². The normalized spacial score (nSPS) is 14.1. The van der Waals surface area contributed by atoms with Crippen LogP contribution in [0.2, 0.25) is 0 Å². The average Bonchev–Trinajstić information content (AvgIpc) is 1.54. The lowest BCUT2D eigenvalue weighted by molar-refractivity contribution is -0.149. The molecule has 1 aliphatic heterocycles. The zero-order valence-corrected chi connectivity index (χ0v) is 56.0. The van der Waals surface area contributed by atoms with E-state index in [4.69, 9.17) is 43.2 Å². The highest BCUT2D eigenvalue weighted by atomic mass is 32.1. The Hall–Kier alpha value is -9.87. The number of carbonyl (C=O) groups is 2. The smallest absolute Gasteiger partial charge is 0.420 e. The molecule has 1 spiro atoms. The molecule has 11 rings (SSSR count). The van der Waals surface area contributed by atoms with E-state index < -0.39 is 80.3 Å². The molecule has 1 amide bonds. The Kier molecular flexibility index (Phi) is 24.0. The topological polar surface area (TPSA) is 259 Å². The second-order valence-corrected chi connectivity index (χ2v) is 23.1. The van der Waals surface area contributed by atoms with Crippen molar-refractivity contribution >= 4 is 95.1 Å². The lowest BCUT2D eigenvalue weighted by Crippen LogP contribution is -2.55. The summed E-state index contributed by atoms with van der Waals surface area (Å²) >= 11 is 9.85. The zero-order chi connectivity index (χ0) is 71.1.